The molecule has 0 atom stereocenters. The lowest BCUT2D eigenvalue weighted by molar-refractivity contribution is 0.475. The number of aromatic hydroxyl groups is 1. The first kappa shape index (κ1) is 8.85. The molecule has 0 spiro atoms. The highest BCUT2D eigenvalue weighted by molar-refractivity contribution is 5.50. The molecule has 0 aliphatic rings. The first-order valence-corrected chi connectivity index (χ1v) is 4.16. The fraction of sp³-hybridized carbons (Fsp3) is 0.273. The lowest BCUT2D eigenvalue weighted by Crippen LogP contribution is -1.77. The standard InChI is InChI=1S/C11H14O/c1-9(2)3-4-10-5-7-11(12)8-6-10/h3-9,12H,1-2H3/b4-3+. The summed E-state index contributed by atoms with van der Waals surface area (Å²) in [6.45, 7) is 4.27. The number of rotatable bonds is 2. The van der Waals surface area contributed by atoms with Crippen LogP contribution in [0.15, 0.2) is 30.3 Å². The van der Waals surface area contributed by atoms with Crippen LogP contribution in [0, 0.1) is 5.92 Å². The predicted molar refractivity (Wildman–Crippen MR) is 52.0 cm³/mol. The summed E-state index contributed by atoms with van der Waals surface area (Å²) >= 11 is 0. The largest absolute Gasteiger partial charge is 0.508 e. The smallest absolute Gasteiger partial charge is 0.115 e. The van der Waals surface area contributed by atoms with Crippen molar-refractivity contribution in [2.75, 3.05) is 0 Å². The van der Waals surface area contributed by atoms with Gasteiger partial charge in [0.15, 0.2) is 0 Å². The van der Waals surface area contributed by atoms with E-state index in [4.69, 9.17) is 5.11 Å². The zero-order chi connectivity index (χ0) is 8.97. The molecule has 1 heteroatoms. The zero-order valence-corrected chi connectivity index (χ0v) is 7.49. The highest BCUT2D eigenvalue weighted by atomic mass is 16.3. The topological polar surface area (TPSA) is 20.2 Å². The molecule has 0 radical (unpaired) electrons. The lowest BCUT2D eigenvalue weighted by Gasteiger charge is -1.95. The molecule has 0 amide bonds. The van der Waals surface area contributed by atoms with E-state index in [2.05, 4.69) is 26.0 Å². The molecule has 0 saturated heterocycles. The van der Waals surface area contributed by atoms with E-state index in [0.717, 1.165) is 5.56 Å². The molecule has 1 rings (SSSR count). The second-order valence-corrected chi connectivity index (χ2v) is 3.19. The second kappa shape index (κ2) is 3.96. The Hall–Kier alpha value is -1.24. The van der Waals surface area contributed by atoms with Crippen molar-refractivity contribution in [3.05, 3.63) is 35.9 Å². The van der Waals surface area contributed by atoms with Crippen LogP contribution >= 0.6 is 0 Å². The van der Waals surface area contributed by atoms with E-state index in [1.165, 1.54) is 0 Å². The maximum atomic E-state index is 9.01. The minimum Gasteiger partial charge on any atom is -0.508 e. The Balaban J connectivity index is 2.71. The lowest BCUT2D eigenvalue weighted by atomic mass is 10.1. The van der Waals surface area contributed by atoms with Gasteiger partial charge in [-0.2, -0.15) is 0 Å². The molecule has 64 valence electrons. The van der Waals surface area contributed by atoms with Crippen molar-refractivity contribution in [1.29, 1.82) is 0 Å². The third kappa shape index (κ3) is 2.79. The Labute approximate surface area is 73.4 Å². The average molecular weight is 162 g/mol. The predicted octanol–water partition coefficient (Wildman–Crippen LogP) is 3.06. The molecule has 0 bridgehead atoms. The molecule has 1 aromatic carbocycles. The Bertz CT molecular complexity index is 257. The fourth-order valence-corrected chi connectivity index (χ4v) is 0.889. The van der Waals surface area contributed by atoms with E-state index >= 15 is 0 Å². The van der Waals surface area contributed by atoms with Gasteiger partial charge in [0.25, 0.3) is 0 Å². The molecular weight excluding hydrogens is 148 g/mol. The number of hydrogen-bond acceptors (Lipinski definition) is 1. The average Bonchev–Trinajstić information content (AvgIpc) is 2.03. The molecule has 12 heavy (non-hydrogen) atoms. The molecule has 0 aliphatic heterocycles. The molecule has 1 N–H and O–H groups in total. The van der Waals surface area contributed by atoms with Gasteiger partial charge < -0.3 is 5.11 Å². The highest BCUT2D eigenvalue weighted by Crippen LogP contribution is 2.11. The van der Waals surface area contributed by atoms with Gasteiger partial charge in [-0.1, -0.05) is 38.1 Å². The minimum absolute atomic E-state index is 0.316. The van der Waals surface area contributed by atoms with Crippen molar-refractivity contribution in [2.45, 2.75) is 13.8 Å². The third-order valence-corrected chi connectivity index (χ3v) is 1.57. The van der Waals surface area contributed by atoms with Crippen LogP contribution < -0.4 is 0 Å². The van der Waals surface area contributed by atoms with Crippen molar-refractivity contribution >= 4 is 6.08 Å². The Morgan fingerprint density at radius 1 is 1.17 bits per heavy atom. The summed E-state index contributed by atoms with van der Waals surface area (Å²) in [6, 6.07) is 7.18. The van der Waals surface area contributed by atoms with Gasteiger partial charge >= 0.3 is 0 Å². The number of allylic oxidation sites excluding steroid dienone is 1. The first-order chi connectivity index (χ1) is 5.68. The Morgan fingerprint density at radius 2 is 1.75 bits per heavy atom. The van der Waals surface area contributed by atoms with Gasteiger partial charge in [0, 0.05) is 0 Å². The SMILES string of the molecule is CC(C)/C=C/c1ccc(O)cc1. The van der Waals surface area contributed by atoms with Crippen molar-refractivity contribution in [2.24, 2.45) is 5.92 Å². The number of benzene rings is 1. The molecule has 1 aromatic rings. The molecular formula is C11H14O. The van der Waals surface area contributed by atoms with Gasteiger partial charge in [-0.05, 0) is 23.6 Å². The quantitative estimate of drug-likeness (QED) is 0.708. The monoisotopic (exact) mass is 162 g/mol. The van der Waals surface area contributed by atoms with Gasteiger partial charge in [0.2, 0.25) is 0 Å². The van der Waals surface area contributed by atoms with Crippen LogP contribution in [-0.4, -0.2) is 5.11 Å². The summed E-state index contributed by atoms with van der Waals surface area (Å²) in [5.41, 5.74) is 1.13. The summed E-state index contributed by atoms with van der Waals surface area (Å²) in [5.74, 6) is 0.885. The van der Waals surface area contributed by atoms with E-state index in [-0.39, 0.29) is 0 Å². The summed E-state index contributed by atoms with van der Waals surface area (Å²) in [6.07, 6.45) is 4.19. The molecule has 0 unspecified atom stereocenters. The van der Waals surface area contributed by atoms with Crippen LogP contribution in [0.25, 0.3) is 6.08 Å². The molecule has 0 saturated carbocycles. The van der Waals surface area contributed by atoms with Gasteiger partial charge in [-0.25, -0.2) is 0 Å². The maximum Gasteiger partial charge on any atom is 0.115 e. The van der Waals surface area contributed by atoms with E-state index in [1.54, 1.807) is 12.1 Å². The van der Waals surface area contributed by atoms with Crippen molar-refractivity contribution in [3.63, 3.8) is 0 Å². The van der Waals surface area contributed by atoms with E-state index in [1.807, 2.05) is 12.1 Å². The number of phenols is 1. The number of phenolic OH excluding ortho intramolecular Hbond substituents is 1. The fourth-order valence-electron chi connectivity index (χ4n) is 0.889. The van der Waals surface area contributed by atoms with Gasteiger partial charge in [0.05, 0.1) is 0 Å². The van der Waals surface area contributed by atoms with Crippen LogP contribution in [0.1, 0.15) is 19.4 Å². The molecule has 0 aromatic heterocycles. The summed E-state index contributed by atoms with van der Waals surface area (Å²) in [5, 5.41) is 9.01. The van der Waals surface area contributed by atoms with Crippen molar-refractivity contribution in [1.82, 2.24) is 0 Å². The Kier molecular flexibility index (Phi) is 2.92. The molecule has 0 fully saturated rings. The first-order valence-electron chi connectivity index (χ1n) is 4.16. The zero-order valence-electron chi connectivity index (χ0n) is 7.49. The van der Waals surface area contributed by atoms with Crippen molar-refractivity contribution < 1.29 is 5.11 Å². The van der Waals surface area contributed by atoms with Gasteiger partial charge in [-0.3, -0.25) is 0 Å². The van der Waals surface area contributed by atoms with E-state index in [0.29, 0.717) is 11.7 Å². The third-order valence-electron chi connectivity index (χ3n) is 1.57. The summed E-state index contributed by atoms with van der Waals surface area (Å²) in [4.78, 5) is 0. The van der Waals surface area contributed by atoms with E-state index < -0.39 is 0 Å². The molecule has 1 nitrogen and oxygen atoms in total. The van der Waals surface area contributed by atoms with Crippen LogP contribution in [0.3, 0.4) is 0 Å². The minimum atomic E-state index is 0.316. The van der Waals surface area contributed by atoms with Crippen LogP contribution in [0.2, 0.25) is 0 Å². The maximum absolute atomic E-state index is 9.01. The van der Waals surface area contributed by atoms with Crippen LogP contribution in [-0.2, 0) is 0 Å². The van der Waals surface area contributed by atoms with E-state index in [9.17, 15) is 0 Å². The second-order valence-electron chi connectivity index (χ2n) is 3.19. The Morgan fingerprint density at radius 3 is 2.25 bits per heavy atom. The molecule has 0 aliphatic carbocycles. The van der Waals surface area contributed by atoms with Crippen molar-refractivity contribution in [3.8, 4) is 5.75 Å². The normalized spacial score (nSPS) is 11.2. The van der Waals surface area contributed by atoms with Crippen LogP contribution in [0.5, 0.6) is 5.75 Å². The highest BCUT2D eigenvalue weighted by Gasteiger charge is 1.88. The van der Waals surface area contributed by atoms with Crippen LogP contribution in [0.4, 0.5) is 0 Å². The summed E-state index contributed by atoms with van der Waals surface area (Å²) in [7, 11) is 0. The number of hydrogen-bond donors (Lipinski definition) is 1. The molecule has 0 heterocycles. The van der Waals surface area contributed by atoms with Gasteiger partial charge in [-0.15, -0.1) is 0 Å². The summed E-state index contributed by atoms with van der Waals surface area (Å²) < 4.78 is 0. The van der Waals surface area contributed by atoms with Gasteiger partial charge in [0.1, 0.15) is 5.75 Å².